The van der Waals surface area contributed by atoms with Crippen LogP contribution in [0.25, 0.3) is 0 Å². The Bertz CT molecular complexity index is 558. The topological polar surface area (TPSA) is 56.7 Å². The molecule has 8 heteroatoms. The van der Waals surface area contributed by atoms with Gasteiger partial charge in [0.1, 0.15) is 6.54 Å². The molecule has 2 N–H and O–H groups in total. The van der Waals surface area contributed by atoms with E-state index in [4.69, 9.17) is 0 Å². The Hall–Kier alpha value is -2.25. The van der Waals surface area contributed by atoms with Crippen molar-refractivity contribution in [2.45, 2.75) is 19.6 Å². The van der Waals surface area contributed by atoms with E-state index in [-0.39, 0.29) is 6.54 Å². The summed E-state index contributed by atoms with van der Waals surface area (Å²) in [5.41, 5.74) is 2.16. The van der Waals surface area contributed by atoms with Crippen LogP contribution in [-0.2, 0) is 11.3 Å². The predicted octanol–water partition coefficient (Wildman–Crippen LogP) is 1.68. The number of nitrogens with one attached hydrogen (secondary N) is 2. The van der Waals surface area contributed by atoms with Crippen LogP contribution in [-0.4, -0.2) is 50.1 Å². The number of benzene rings is 1. The van der Waals surface area contributed by atoms with E-state index in [1.54, 1.807) is 0 Å². The van der Waals surface area contributed by atoms with Crippen LogP contribution in [0.15, 0.2) is 29.3 Å². The van der Waals surface area contributed by atoms with Crippen molar-refractivity contribution in [2.75, 3.05) is 27.2 Å². The molecule has 1 aromatic carbocycles. The number of alkyl halides is 3. The van der Waals surface area contributed by atoms with Gasteiger partial charge in [-0.15, -0.1) is 0 Å². The maximum atomic E-state index is 12.2. The summed E-state index contributed by atoms with van der Waals surface area (Å²) >= 11 is 0. The molecule has 1 amide bonds. The average Bonchev–Trinajstić information content (AvgIpc) is 2.45. The molecule has 0 aliphatic rings. The van der Waals surface area contributed by atoms with Crippen molar-refractivity contribution in [1.29, 1.82) is 0 Å². The van der Waals surface area contributed by atoms with Crippen molar-refractivity contribution < 1.29 is 18.0 Å². The molecule has 0 heterocycles. The lowest BCUT2D eigenvalue weighted by Crippen LogP contribution is -2.45. The first-order valence-corrected chi connectivity index (χ1v) is 7.02. The van der Waals surface area contributed by atoms with Gasteiger partial charge in [-0.25, -0.2) is 0 Å². The molecule has 5 nitrogen and oxygen atoms in total. The third kappa shape index (κ3) is 7.53. The molecular formula is C15H21F3N4O. The van der Waals surface area contributed by atoms with Crippen molar-refractivity contribution in [3.63, 3.8) is 0 Å². The summed E-state index contributed by atoms with van der Waals surface area (Å²) in [6.45, 7) is 0.933. The maximum absolute atomic E-state index is 12.2. The van der Waals surface area contributed by atoms with E-state index in [0.29, 0.717) is 17.4 Å². The molecule has 0 spiro atoms. The Balaban J connectivity index is 2.43. The Morgan fingerprint density at radius 1 is 1.30 bits per heavy atom. The smallest absolute Gasteiger partial charge is 0.352 e. The summed E-state index contributed by atoms with van der Waals surface area (Å²) in [7, 11) is 2.63. The van der Waals surface area contributed by atoms with Gasteiger partial charge in [-0.05, 0) is 12.5 Å². The molecule has 128 valence electrons. The first-order chi connectivity index (χ1) is 10.7. The number of amides is 1. The largest absolute Gasteiger partial charge is 0.406 e. The number of halogens is 3. The lowest BCUT2D eigenvalue weighted by Gasteiger charge is -2.20. The number of likely N-dealkylation sites (N-methyl/N-ethyl adjacent to an activating group) is 1. The number of aliphatic imine (C=N–C) groups is 1. The number of nitrogens with zero attached hydrogens (tertiary/aromatic N) is 2. The molecule has 0 radical (unpaired) electrons. The van der Waals surface area contributed by atoms with Crippen molar-refractivity contribution in [3.05, 3.63) is 35.4 Å². The van der Waals surface area contributed by atoms with Gasteiger partial charge in [0.2, 0.25) is 5.91 Å². The highest BCUT2D eigenvalue weighted by molar-refractivity contribution is 5.86. The van der Waals surface area contributed by atoms with Crippen LogP contribution in [0.4, 0.5) is 13.2 Å². The molecule has 1 aromatic rings. The molecule has 0 saturated heterocycles. The quantitative estimate of drug-likeness (QED) is 0.638. The Morgan fingerprint density at radius 3 is 2.57 bits per heavy atom. The molecule has 0 aromatic heterocycles. The van der Waals surface area contributed by atoms with Crippen LogP contribution >= 0.6 is 0 Å². The molecule has 1 rings (SSSR count). The second-order valence-electron chi connectivity index (χ2n) is 5.13. The number of hydrogen-bond donors (Lipinski definition) is 2. The van der Waals surface area contributed by atoms with Gasteiger partial charge in [-0.2, -0.15) is 13.2 Å². The Kier molecular flexibility index (Phi) is 6.87. The van der Waals surface area contributed by atoms with Crippen molar-refractivity contribution in [1.82, 2.24) is 15.5 Å². The van der Waals surface area contributed by atoms with Crippen LogP contribution in [0.1, 0.15) is 11.1 Å². The Morgan fingerprint density at radius 2 is 2.00 bits per heavy atom. The summed E-state index contributed by atoms with van der Waals surface area (Å²) < 4.78 is 36.7. The first-order valence-electron chi connectivity index (χ1n) is 7.02. The number of rotatable bonds is 5. The lowest BCUT2D eigenvalue weighted by atomic mass is 10.1. The van der Waals surface area contributed by atoms with Gasteiger partial charge in [0, 0.05) is 20.6 Å². The molecule has 0 aliphatic heterocycles. The fourth-order valence-electron chi connectivity index (χ4n) is 1.88. The molecule has 0 aliphatic carbocycles. The van der Waals surface area contributed by atoms with E-state index in [9.17, 15) is 18.0 Å². The number of carbonyl (C=O) groups excluding carboxylic acids is 1. The maximum Gasteiger partial charge on any atom is 0.406 e. The van der Waals surface area contributed by atoms with Crippen molar-refractivity contribution in [3.8, 4) is 0 Å². The lowest BCUT2D eigenvalue weighted by molar-refractivity contribution is -0.157. The number of carbonyl (C=O) groups is 1. The summed E-state index contributed by atoms with van der Waals surface area (Å²) in [6.07, 6.45) is -4.41. The minimum atomic E-state index is -4.41. The van der Waals surface area contributed by atoms with Gasteiger partial charge in [0.15, 0.2) is 5.96 Å². The highest BCUT2D eigenvalue weighted by Gasteiger charge is 2.31. The monoisotopic (exact) mass is 330 g/mol. The molecule has 0 bridgehead atoms. The highest BCUT2D eigenvalue weighted by Crippen LogP contribution is 2.15. The zero-order chi connectivity index (χ0) is 17.5. The molecule has 0 atom stereocenters. The van der Waals surface area contributed by atoms with Crippen LogP contribution in [0.2, 0.25) is 0 Å². The van der Waals surface area contributed by atoms with E-state index in [0.717, 1.165) is 18.2 Å². The van der Waals surface area contributed by atoms with Crippen LogP contribution < -0.4 is 10.6 Å². The SMILES string of the molecule is CN=C(NCC(=O)N(C)CC(F)(F)F)NCc1cccc(C)c1. The number of aryl methyl sites for hydroxylation is 1. The van der Waals surface area contributed by atoms with Crippen LogP contribution in [0, 0.1) is 6.92 Å². The van der Waals surface area contributed by atoms with Crippen molar-refractivity contribution in [2.24, 2.45) is 4.99 Å². The van der Waals surface area contributed by atoms with Gasteiger partial charge in [0.05, 0.1) is 6.54 Å². The van der Waals surface area contributed by atoms with Crippen molar-refractivity contribution >= 4 is 11.9 Å². The minimum Gasteiger partial charge on any atom is -0.352 e. The zero-order valence-corrected chi connectivity index (χ0v) is 13.4. The molecule has 0 saturated carbocycles. The second-order valence-corrected chi connectivity index (χ2v) is 5.13. The normalized spacial score (nSPS) is 12.0. The zero-order valence-electron chi connectivity index (χ0n) is 13.4. The fourth-order valence-corrected chi connectivity index (χ4v) is 1.88. The highest BCUT2D eigenvalue weighted by atomic mass is 19.4. The predicted molar refractivity (Wildman–Crippen MR) is 83.1 cm³/mol. The first kappa shape index (κ1) is 18.8. The third-order valence-electron chi connectivity index (χ3n) is 3.02. The van der Waals surface area contributed by atoms with Gasteiger partial charge < -0.3 is 15.5 Å². The molecule has 0 fully saturated rings. The minimum absolute atomic E-state index is 0.264. The van der Waals surface area contributed by atoms with E-state index in [2.05, 4.69) is 15.6 Å². The third-order valence-corrected chi connectivity index (χ3v) is 3.02. The van der Waals surface area contributed by atoms with E-state index >= 15 is 0 Å². The molecule has 23 heavy (non-hydrogen) atoms. The summed E-state index contributed by atoms with van der Waals surface area (Å²) in [5.74, 6) is -0.318. The molecule has 0 unspecified atom stereocenters. The van der Waals surface area contributed by atoms with Crippen LogP contribution in [0.5, 0.6) is 0 Å². The Labute approximate surface area is 133 Å². The van der Waals surface area contributed by atoms with Gasteiger partial charge in [0.25, 0.3) is 0 Å². The summed E-state index contributed by atoms with van der Waals surface area (Å²) in [5, 5.41) is 5.70. The van der Waals surface area contributed by atoms with Gasteiger partial charge >= 0.3 is 6.18 Å². The second kappa shape index (κ2) is 8.40. The van der Waals surface area contributed by atoms with Crippen LogP contribution in [0.3, 0.4) is 0 Å². The summed E-state index contributed by atoms with van der Waals surface area (Å²) in [4.78, 5) is 16.2. The van der Waals surface area contributed by atoms with Gasteiger partial charge in [-0.3, -0.25) is 9.79 Å². The van der Waals surface area contributed by atoms with E-state index in [1.807, 2.05) is 31.2 Å². The fraction of sp³-hybridized carbons (Fsp3) is 0.467. The average molecular weight is 330 g/mol. The van der Waals surface area contributed by atoms with E-state index in [1.165, 1.54) is 7.05 Å². The summed E-state index contributed by atoms with van der Waals surface area (Å²) in [6, 6.07) is 7.85. The molecular weight excluding hydrogens is 309 g/mol. The van der Waals surface area contributed by atoms with Gasteiger partial charge in [-0.1, -0.05) is 29.8 Å². The van der Waals surface area contributed by atoms with E-state index < -0.39 is 18.6 Å². The number of hydrogen-bond acceptors (Lipinski definition) is 2. The number of guanidine groups is 1. The standard InChI is InChI=1S/C15H21F3N4O/c1-11-5-4-6-12(7-11)8-20-14(19-2)21-9-13(23)22(3)10-15(16,17)18/h4-7H,8-10H2,1-3H3,(H2,19,20,21).